The van der Waals surface area contributed by atoms with Crippen molar-refractivity contribution >= 4 is 30.0 Å². The number of halogens is 2. The smallest absolute Gasteiger partial charge is 0.321 e. The number of nitrogens with one attached hydrogen (secondary N) is 1. The summed E-state index contributed by atoms with van der Waals surface area (Å²) in [6.07, 6.45) is 0.530. The monoisotopic (exact) mass is 247 g/mol. The van der Waals surface area contributed by atoms with E-state index in [9.17, 15) is 4.79 Å². The molecule has 0 saturated carbocycles. The van der Waals surface area contributed by atoms with Gasteiger partial charge in [0.15, 0.2) is 0 Å². The third kappa shape index (κ3) is 2.62. The summed E-state index contributed by atoms with van der Waals surface area (Å²) in [4.78, 5) is 10.7. The maximum atomic E-state index is 10.7. The predicted octanol–water partition coefficient (Wildman–Crippen LogP) is 1.86. The zero-order valence-corrected chi connectivity index (χ0v) is 9.44. The first-order chi connectivity index (χ1) is 6.66. The van der Waals surface area contributed by atoms with Crippen LogP contribution in [0.3, 0.4) is 0 Å². The van der Waals surface area contributed by atoms with Crippen LogP contribution in [0.15, 0.2) is 18.2 Å². The molecule has 1 aromatic rings. The molecule has 0 spiro atoms. The molecule has 0 aliphatic carbocycles. The van der Waals surface area contributed by atoms with Crippen molar-refractivity contribution in [3.05, 3.63) is 34.3 Å². The van der Waals surface area contributed by atoms with Crippen molar-refractivity contribution in [2.24, 2.45) is 0 Å². The summed E-state index contributed by atoms with van der Waals surface area (Å²) in [7, 11) is 0. The summed E-state index contributed by atoms with van der Waals surface area (Å²) >= 11 is 5.83. The van der Waals surface area contributed by atoms with Gasteiger partial charge < -0.3 is 10.4 Å². The number of rotatable bonds is 1. The van der Waals surface area contributed by atoms with Crippen molar-refractivity contribution in [2.75, 3.05) is 0 Å². The van der Waals surface area contributed by atoms with E-state index in [0.717, 1.165) is 11.1 Å². The minimum absolute atomic E-state index is 0. The number of carbonyl (C=O) groups is 1. The lowest BCUT2D eigenvalue weighted by Crippen LogP contribution is -2.41. The zero-order chi connectivity index (χ0) is 10.1. The highest BCUT2D eigenvalue weighted by Gasteiger charge is 2.23. The Morgan fingerprint density at radius 1 is 1.47 bits per heavy atom. The van der Waals surface area contributed by atoms with Crippen LogP contribution in [-0.4, -0.2) is 17.1 Å². The summed E-state index contributed by atoms with van der Waals surface area (Å²) in [6.45, 7) is 0.576. The number of hydrogen-bond donors (Lipinski definition) is 2. The summed E-state index contributed by atoms with van der Waals surface area (Å²) < 4.78 is 0. The van der Waals surface area contributed by atoms with Crippen LogP contribution in [0.2, 0.25) is 5.02 Å². The zero-order valence-electron chi connectivity index (χ0n) is 7.87. The van der Waals surface area contributed by atoms with E-state index in [1.165, 1.54) is 0 Å². The second kappa shape index (κ2) is 4.84. The largest absolute Gasteiger partial charge is 0.480 e. The molecule has 2 rings (SSSR count). The van der Waals surface area contributed by atoms with E-state index in [-0.39, 0.29) is 12.4 Å². The molecule has 0 bridgehead atoms. The molecule has 15 heavy (non-hydrogen) atoms. The lowest BCUT2D eigenvalue weighted by Gasteiger charge is -2.23. The first-order valence-electron chi connectivity index (χ1n) is 4.40. The van der Waals surface area contributed by atoms with Crippen LogP contribution in [0, 0.1) is 0 Å². The number of benzene rings is 1. The van der Waals surface area contributed by atoms with Crippen LogP contribution in [0.4, 0.5) is 0 Å². The number of aliphatic carboxylic acids is 1. The maximum absolute atomic E-state index is 10.7. The summed E-state index contributed by atoms with van der Waals surface area (Å²) in [5.74, 6) is -0.800. The van der Waals surface area contributed by atoms with Gasteiger partial charge in [-0.25, -0.2) is 0 Å². The molecule has 2 N–H and O–H groups in total. The van der Waals surface area contributed by atoms with Gasteiger partial charge in [-0.05, 0) is 29.7 Å². The molecule has 0 unspecified atom stereocenters. The molecule has 82 valence electrons. The van der Waals surface area contributed by atoms with Gasteiger partial charge in [-0.3, -0.25) is 4.79 Å². The maximum Gasteiger partial charge on any atom is 0.321 e. The van der Waals surface area contributed by atoms with E-state index in [4.69, 9.17) is 16.7 Å². The van der Waals surface area contributed by atoms with Crippen molar-refractivity contribution in [3.8, 4) is 0 Å². The van der Waals surface area contributed by atoms with Gasteiger partial charge in [0, 0.05) is 11.6 Å². The average molecular weight is 248 g/mol. The standard InChI is InChI=1S/C10H10ClNO2.ClH/c11-8-2-1-6-4-9(10(13)14)12-5-7(6)3-8;/h1-3,9,12H,4-5H2,(H,13,14);1H/t9-;/m1./s1. The Kier molecular flexibility index (Phi) is 3.97. The highest BCUT2D eigenvalue weighted by Crippen LogP contribution is 2.20. The Bertz CT molecular complexity index is 382. The summed E-state index contributed by atoms with van der Waals surface area (Å²) in [5.41, 5.74) is 2.16. The Hall–Kier alpha value is -0.770. The third-order valence-electron chi connectivity index (χ3n) is 2.43. The topological polar surface area (TPSA) is 49.3 Å². The van der Waals surface area contributed by atoms with Gasteiger partial charge in [-0.1, -0.05) is 17.7 Å². The first-order valence-corrected chi connectivity index (χ1v) is 4.78. The molecule has 0 radical (unpaired) electrons. The molecule has 0 saturated heterocycles. The molecule has 3 nitrogen and oxygen atoms in total. The lowest BCUT2D eigenvalue weighted by molar-refractivity contribution is -0.139. The number of fused-ring (bicyclic) bond motifs is 1. The van der Waals surface area contributed by atoms with Gasteiger partial charge >= 0.3 is 5.97 Å². The van der Waals surface area contributed by atoms with Gasteiger partial charge in [-0.15, -0.1) is 12.4 Å². The van der Waals surface area contributed by atoms with Gasteiger partial charge in [0.25, 0.3) is 0 Å². The Morgan fingerprint density at radius 3 is 2.87 bits per heavy atom. The van der Waals surface area contributed by atoms with Gasteiger partial charge in [0.2, 0.25) is 0 Å². The van der Waals surface area contributed by atoms with Gasteiger partial charge in [0.05, 0.1) is 0 Å². The van der Waals surface area contributed by atoms with Crippen molar-refractivity contribution in [1.82, 2.24) is 5.32 Å². The van der Waals surface area contributed by atoms with Crippen LogP contribution in [0.25, 0.3) is 0 Å². The molecular weight excluding hydrogens is 237 g/mol. The fourth-order valence-corrected chi connectivity index (χ4v) is 1.85. The fourth-order valence-electron chi connectivity index (χ4n) is 1.66. The SMILES string of the molecule is Cl.O=C(O)[C@H]1Cc2ccc(Cl)cc2CN1. The van der Waals surface area contributed by atoms with Crippen molar-refractivity contribution in [3.63, 3.8) is 0 Å². The minimum atomic E-state index is -0.800. The second-order valence-corrected chi connectivity index (χ2v) is 3.83. The van der Waals surface area contributed by atoms with Crippen molar-refractivity contribution < 1.29 is 9.90 Å². The van der Waals surface area contributed by atoms with Crippen LogP contribution in [0.5, 0.6) is 0 Å². The van der Waals surface area contributed by atoms with Crippen molar-refractivity contribution in [2.45, 2.75) is 19.0 Å². The third-order valence-corrected chi connectivity index (χ3v) is 2.66. The molecule has 1 heterocycles. The molecule has 5 heteroatoms. The highest BCUT2D eigenvalue weighted by molar-refractivity contribution is 6.30. The Labute approximate surface area is 98.8 Å². The van der Waals surface area contributed by atoms with Gasteiger partial charge in [-0.2, -0.15) is 0 Å². The number of carboxylic acid groups (broad SMARTS) is 1. The number of carboxylic acids is 1. The van der Waals surface area contributed by atoms with Crippen LogP contribution in [0.1, 0.15) is 11.1 Å². The summed E-state index contributed by atoms with van der Waals surface area (Å²) in [5, 5.41) is 12.5. The highest BCUT2D eigenvalue weighted by atomic mass is 35.5. The van der Waals surface area contributed by atoms with Gasteiger partial charge in [0.1, 0.15) is 6.04 Å². The van der Waals surface area contributed by atoms with Crippen LogP contribution in [-0.2, 0) is 17.8 Å². The fraction of sp³-hybridized carbons (Fsp3) is 0.300. The second-order valence-electron chi connectivity index (χ2n) is 3.39. The van der Waals surface area contributed by atoms with E-state index in [1.54, 1.807) is 6.07 Å². The molecule has 0 fully saturated rings. The first kappa shape index (κ1) is 12.3. The Morgan fingerprint density at radius 2 is 2.20 bits per heavy atom. The van der Waals surface area contributed by atoms with Crippen LogP contribution >= 0.6 is 24.0 Å². The van der Waals surface area contributed by atoms with E-state index in [1.807, 2.05) is 12.1 Å². The molecule has 1 aromatic carbocycles. The molecule has 1 aliphatic heterocycles. The number of hydrogen-bond acceptors (Lipinski definition) is 2. The molecule has 0 aromatic heterocycles. The molecule has 1 atom stereocenters. The lowest BCUT2D eigenvalue weighted by atomic mass is 9.96. The molecular formula is C10H11Cl2NO2. The molecule has 0 amide bonds. The average Bonchev–Trinajstić information content (AvgIpc) is 2.16. The summed E-state index contributed by atoms with van der Waals surface area (Å²) in [6, 6.07) is 5.10. The molecule has 1 aliphatic rings. The van der Waals surface area contributed by atoms with E-state index >= 15 is 0 Å². The quantitative estimate of drug-likeness (QED) is 0.797. The van der Waals surface area contributed by atoms with E-state index < -0.39 is 12.0 Å². The van der Waals surface area contributed by atoms with E-state index in [0.29, 0.717) is 18.0 Å². The predicted molar refractivity (Wildman–Crippen MR) is 60.7 cm³/mol. The Balaban J connectivity index is 0.00000112. The van der Waals surface area contributed by atoms with E-state index in [2.05, 4.69) is 5.32 Å². The minimum Gasteiger partial charge on any atom is -0.480 e. The normalized spacial score (nSPS) is 18.9. The van der Waals surface area contributed by atoms with Crippen molar-refractivity contribution in [1.29, 1.82) is 0 Å². The van der Waals surface area contributed by atoms with Crippen LogP contribution < -0.4 is 5.32 Å².